The van der Waals surface area contributed by atoms with E-state index in [1.807, 2.05) is 6.92 Å². The van der Waals surface area contributed by atoms with Crippen LogP contribution in [0.5, 0.6) is 0 Å². The zero-order valence-corrected chi connectivity index (χ0v) is 8.59. The van der Waals surface area contributed by atoms with Crippen LogP contribution in [0.25, 0.3) is 11.2 Å². The van der Waals surface area contributed by atoms with Crippen molar-refractivity contribution in [2.45, 2.75) is 20.4 Å². The van der Waals surface area contributed by atoms with Gasteiger partial charge in [0.1, 0.15) is 11.3 Å². The van der Waals surface area contributed by atoms with Crippen molar-refractivity contribution in [2.75, 3.05) is 0 Å². The lowest BCUT2D eigenvalue weighted by molar-refractivity contribution is 0.752. The zero-order chi connectivity index (χ0) is 10.3. The maximum Gasteiger partial charge on any atom is 0.327 e. The number of aromatic nitrogens is 4. The van der Waals surface area contributed by atoms with Crippen molar-refractivity contribution in [2.24, 2.45) is 0 Å². The van der Waals surface area contributed by atoms with E-state index in [0.29, 0.717) is 28.7 Å². The molecule has 0 unspecified atom stereocenters. The predicted octanol–water partition coefficient (Wildman–Crippen LogP) is 1.10. The molecule has 5 nitrogen and oxygen atoms in total. The third-order valence-electron chi connectivity index (χ3n) is 2.01. The van der Waals surface area contributed by atoms with Gasteiger partial charge in [0.25, 0.3) is 0 Å². The highest BCUT2D eigenvalue weighted by Crippen LogP contribution is 2.17. The number of rotatable bonds is 1. The highest BCUT2D eigenvalue weighted by atomic mass is 35.5. The molecule has 0 bridgehead atoms. The fourth-order valence-corrected chi connectivity index (χ4v) is 1.74. The van der Waals surface area contributed by atoms with E-state index in [1.165, 1.54) is 4.57 Å². The van der Waals surface area contributed by atoms with Crippen molar-refractivity contribution in [3.8, 4) is 0 Å². The maximum absolute atomic E-state index is 11.4. The molecular formula is C8H9ClN4O. The standard InChI is InChI=1S/C8H9ClN4O/c1-3-13-5-6(9)10-4(2)11-7(5)12-8(13)14/h3H2,1-2H3,(H,10,11,12,14). The summed E-state index contributed by atoms with van der Waals surface area (Å²) < 4.78 is 1.51. The number of aryl methyl sites for hydroxylation is 2. The highest BCUT2D eigenvalue weighted by molar-refractivity contribution is 6.33. The van der Waals surface area contributed by atoms with Crippen LogP contribution in [-0.4, -0.2) is 19.5 Å². The van der Waals surface area contributed by atoms with Crippen LogP contribution in [0.1, 0.15) is 12.7 Å². The Hall–Kier alpha value is -1.36. The number of imidazole rings is 1. The first-order valence-electron chi connectivity index (χ1n) is 4.26. The summed E-state index contributed by atoms with van der Waals surface area (Å²) >= 11 is 5.93. The van der Waals surface area contributed by atoms with Crippen molar-refractivity contribution in [1.82, 2.24) is 19.5 Å². The van der Waals surface area contributed by atoms with Crippen LogP contribution >= 0.6 is 11.6 Å². The fourth-order valence-electron chi connectivity index (χ4n) is 1.43. The normalized spacial score (nSPS) is 11.1. The minimum absolute atomic E-state index is 0.204. The second kappa shape index (κ2) is 3.09. The molecule has 0 aliphatic carbocycles. The van der Waals surface area contributed by atoms with Gasteiger partial charge in [-0.05, 0) is 13.8 Å². The molecular weight excluding hydrogens is 204 g/mol. The molecule has 6 heteroatoms. The second-order valence-electron chi connectivity index (χ2n) is 2.93. The minimum Gasteiger partial charge on any atom is -0.290 e. The number of hydrogen-bond acceptors (Lipinski definition) is 3. The van der Waals surface area contributed by atoms with Gasteiger partial charge < -0.3 is 0 Å². The number of halogens is 1. The monoisotopic (exact) mass is 212 g/mol. The summed E-state index contributed by atoms with van der Waals surface area (Å²) in [6.07, 6.45) is 0. The largest absolute Gasteiger partial charge is 0.327 e. The minimum atomic E-state index is -0.204. The van der Waals surface area contributed by atoms with E-state index in [0.717, 1.165) is 0 Å². The lowest BCUT2D eigenvalue weighted by atomic mass is 10.5. The molecule has 14 heavy (non-hydrogen) atoms. The molecule has 0 fully saturated rings. The summed E-state index contributed by atoms with van der Waals surface area (Å²) in [5.41, 5.74) is 0.864. The average Bonchev–Trinajstić information content (AvgIpc) is 2.40. The van der Waals surface area contributed by atoms with Gasteiger partial charge >= 0.3 is 5.69 Å². The van der Waals surface area contributed by atoms with Crippen molar-refractivity contribution >= 4 is 22.8 Å². The van der Waals surface area contributed by atoms with Crippen LogP contribution in [0.2, 0.25) is 5.15 Å². The Kier molecular flexibility index (Phi) is 2.03. The number of hydrogen-bond donors (Lipinski definition) is 1. The molecule has 0 aliphatic heterocycles. The van der Waals surface area contributed by atoms with E-state index in [2.05, 4.69) is 15.0 Å². The predicted molar refractivity (Wildman–Crippen MR) is 53.6 cm³/mol. The maximum atomic E-state index is 11.4. The molecule has 0 aromatic carbocycles. The quantitative estimate of drug-likeness (QED) is 0.720. The van der Waals surface area contributed by atoms with Gasteiger partial charge in [0.15, 0.2) is 10.8 Å². The van der Waals surface area contributed by atoms with Gasteiger partial charge in [-0.2, -0.15) is 0 Å². The molecule has 2 rings (SSSR count). The van der Waals surface area contributed by atoms with Gasteiger partial charge in [-0.1, -0.05) is 11.6 Å². The van der Waals surface area contributed by atoms with Crippen LogP contribution in [0.15, 0.2) is 4.79 Å². The topological polar surface area (TPSA) is 63.6 Å². The molecule has 2 heterocycles. The van der Waals surface area contributed by atoms with Crippen molar-refractivity contribution in [3.63, 3.8) is 0 Å². The van der Waals surface area contributed by atoms with E-state index < -0.39 is 0 Å². The number of H-pyrrole nitrogens is 1. The van der Waals surface area contributed by atoms with Crippen molar-refractivity contribution in [1.29, 1.82) is 0 Å². The third kappa shape index (κ3) is 1.21. The van der Waals surface area contributed by atoms with Gasteiger partial charge in [0, 0.05) is 6.54 Å². The Balaban J connectivity index is 2.95. The summed E-state index contributed by atoms with van der Waals surface area (Å²) in [5.74, 6) is 0.548. The Labute approximate surface area is 84.8 Å². The first-order chi connectivity index (χ1) is 6.63. The SMILES string of the molecule is CCn1c(=O)[nH]c2nc(C)nc(Cl)c21. The number of fused-ring (bicyclic) bond motifs is 1. The first-order valence-corrected chi connectivity index (χ1v) is 4.64. The van der Waals surface area contributed by atoms with Crippen LogP contribution in [0.4, 0.5) is 0 Å². The highest BCUT2D eigenvalue weighted by Gasteiger charge is 2.11. The lowest BCUT2D eigenvalue weighted by Gasteiger charge is -1.99. The molecule has 74 valence electrons. The molecule has 1 N–H and O–H groups in total. The molecule has 0 saturated carbocycles. The summed E-state index contributed by atoms with van der Waals surface area (Å²) in [6, 6.07) is 0. The van der Waals surface area contributed by atoms with Gasteiger partial charge in [0.05, 0.1) is 0 Å². The second-order valence-corrected chi connectivity index (χ2v) is 3.29. The molecule has 2 aromatic rings. The van der Waals surface area contributed by atoms with Gasteiger partial charge in [-0.25, -0.2) is 14.8 Å². The Morgan fingerprint density at radius 3 is 2.86 bits per heavy atom. The summed E-state index contributed by atoms with van der Waals surface area (Å²) in [7, 11) is 0. The van der Waals surface area contributed by atoms with E-state index in [9.17, 15) is 4.79 Å². The van der Waals surface area contributed by atoms with Crippen LogP contribution < -0.4 is 5.69 Å². The van der Waals surface area contributed by atoms with Crippen LogP contribution in [-0.2, 0) is 6.54 Å². The number of aromatic amines is 1. The van der Waals surface area contributed by atoms with Gasteiger partial charge in [0.2, 0.25) is 0 Å². The lowest BCUT2D eigenvalue weighted by Crippen LogP contribution is -2.15. The number of nitrogens with zero attached hydrogens (tertiary/aromatic N) is 3. The number of nitrogens with one attached hydrogen (secondary N) is 1. The van der Waals surface area contributed by atoms with Crippen LogP contribution in [0.3, 0.4) is 0 Å². The smallest absolute Gasteiger partial charge is 0.290 e. The Morgan fingerprint density at radius 2 is 2.21 bits per heavy atom. The van der Waals surface area contributed by atoms with Gasteiger partial charge in [-0.3, -0.25) is 9.55 Å². The first kappa shape index (κ1) is 9.21. The summed E-state index contributed by atoms with van der Waals surface area (Å²) in [5, 5.41) is 0.313. The van der Waals surface area contributed by atoms with Crippen LogP contribution in [0, 0.1) is 6.92 Å². The molecule has 0 radical (unpaired) electrons. The van der Waals surface area contributed by atoms with E-state index in [1.54, 1.807) is 6.92 Å². The van der Waals surface area contributed by atoms with E-state index in [-0.39, 0.29) is 5.69 Å². The van der Waals surface area contributed by atoms with Gasteiger partial charge in [-0.15, -0.1) is 0 Å². The Morgan fingerprint density at radius 1 is 1.50 bits per heavy atom. The molecule has 2 aromatic heterocycles. The molecule has 0 spiro atoms. The Bertz CT molecular complexity index is 542. The summed E-state index contributed by atoms with van der Waals surface area (Å²) in [4.78, 5) is 22.1. The van der Waals surface area contributed by atoms with E-state index in [4.69, 9.17) is 11.6 Å². The average molecular weight is 213 g/mol. The van der Waals surface area contributed by atoms with Crippen molar-refractivity contribution < 1.29 is 0 Å². The molecule has 0 atom stereocenters. The van der Waals surface area contributed by atoms with Crippen molar-refractivity contribution in [3.05, 3.63) is 21.5 Å². The molecule has 0 amide bonds. The molecule has 0 saturated heterocycles. The van der Waals surface area contributed by atoms with E-state index >= 15 is 0 Å². The zero-order valence-electron chi connectivity index (χ0n) is 7.83. The fraction of sp³-hybridized carbons (Fsp3) is 0.375. The molecule has 0 aliphatic rings. The third-order valence-corrected chi connectivity index (χ3v) is 2.27. The summed E-state index contributed by atoms with van der Waals surface area (Å²) in [6.45, 7) is 4.14.